The van der Waals surface area contributed by atoms with Gasteiger partial charge in [-0.1, -0.05) is 12.8 Å². The molecule has 2 fully saturated rings. The Bertz CT molecular complexity index is 154. The van der Waals surface area contributed by atoms with E-state index in [2.05, 4.69) is 22.4 Å². The van der Waals surface area contributed by atoms with Crippen molar-refractivity contribution in [3.8, 4) is 0 Å². The maximum Gasteiger partial charge on any atom is 0.0942 e. The summed E-state index contributed by atoms with van der Waals surface area (Å²) >= 11 is 4.37. The predicted molar refractivity (Wildman–Crippen MR) is 51.3 cm³/mol. The standard InChI is InChI=1S/C8H16N2OS/c12-10-4-1-2-8(7-10)6-9-3-5-11-8/h9,12H,1-7H2. The highest BCUT2D eigenvalue weighted by Gasteiger charge is 2.36. The molecule has 2 saturated heterocycles. The van der Waals surface area contributed by atoms with Gasteiger partial charge in [0.25, 0.3) is 0 Å². The van der Waals surface area contributed by atoms with Gasteiger partial charge in [-0.25, -0.2) is 0 Å². The van der Waals surface area contributed by atoms with E-state index in [0.29, 0.717) is 0 Å². The summed E-state index contributed by atoms with van der Waals surface area (Å²) in [5, 5.41) is 3.38. The lowest BCUT2D eigenvalue weighted by Gasteiger charge is -2.43. The zero-order valence-electron chi connectivity index (χ0n) is 7.25. The first kappa shape index (κ1) is 8.81. The van der Waals surface area contributed by atoms with Gasteiger partial charge in [-0.3, -0.25) is 4.31 Å². The molecule has 0 aromatic rings. The fourth-order valence-electron chi connectivity index (χ4n) is 2.04. The molecule has 4 heteroatoms. The zero-order chi connectivity index (χ0) is 8.44. The fourth-order valence-corrected chi connectivity index (χ4v) is 2.44. The van der Waals surface area contributed by atoms with Crippen molar-refractivity contribution < 1.29 is 4.74 Å². The fraction of sp³-hybridized carbons (Fsp3) is 1.00. The van der Waals surface area contributed by atoms with E-state index in [4.69, 9.17) is 4.74 Å². The van der Waals surface area contributed by atoms with Crippen molar-refractivity contribution >= 4 is 12.8 Å². The zero-order valence-corrected chi connectivity index (χ0v) is 8.15. The number of morpholine rings is 1. The minimum absolute atomic E-state index is 0.0677. The molecule has 2 aliphatic rings. The van der Waals surface area contributed by atoms with Gasteiger partial charge in [0.05, 0.1) is 12.2 Å². The van der Waals surface area contributed by atoms with Crippen molar-refractivity contribution in [2.75, 3.05) is 32.8 Å². The van der Waals surface area contributed by atoms with Crippen LogP contribution in [0.25, 0.3) is 0 Å². The van der Waals surface area contributed by atoms with Crippen molar-refractivity contribution in [3.05, 3.63) is 0 Å². The summed E-state index contributed by atoms with van der Waals surface area (Å²) in [5.41, 5.74) is 0.0677. The highest BCUT2D eigenvalue weighted by Crippen LogP contribution is 2.26. The van der Waals surface area contributed by atoms with Crippen LogP contribution in [0.5, 0.6) is 0 Å². The topological polar surface area (TPSA) is 24.5 Å². The van der Waals surface area contributed by atoms with Crippen LogP contribution >= 0.6 is 12.8 Å². The Morgan fingerprint density at radius 1 is 1.50 bits per heavy atom. The van der Waals surface area contributed by atoms with Gasteiger partial charge >= 0.3 is 0 Å². The Morgan fingerprint density at radius 2 is 2.42 bits per heavy atom. The molecule has 0 aromatic heterocycles. The monoisotopic (exact) mass is 188 g/mol. The molecule has 1 spiro atoms. The third-order valence-corrected chi connectivity index (χ3v) is 2.99. The van der Waals surface area contributed by atoms with Gasteiger partial charge in [0.15, 0.2) is 0 Å². The molecule has 0 amide bonds. The minimum Gasteiger partial charge on any atom is -0.371 e. The molecule has 3 nitrogen and oxygen atoms in total. The largest absolute Gasteiger partial charge is 0.371 e. The van der Waals surface area contributed by atoms with Crippen LogP contribution in [0.3, 0.4) is 0 Å². The molecule has 0 bridgehead atoms. The molecule has 0 aliphatic carbocycles. The van der Waals surface area contributed by atoms with Crippen molar-refractivity contribution in [1.29, 1.82) is 0 Å². The number of rotatable bonds is 0. The summed E-state index contributed by atoms with van der Waals surface area (Å²) in [4.78, 5) is 0. The third kappa shape index (κ3) is 1.76. The Morgan fingerprint density at radius 3 is 3.08 bits per heavy atom. The Labute approximate surface area is 79.0 Å². The highest BCUT2D eigenvalue weighted by molar-refractivity contribution is 7.77. The van der Waals surface area contributed by atoms with Crippen LogP contribution in [0.4, 0.5) is 0 Å². The summed E-state index contributed by atoms with van der Waals surface area (Å²) in [7, 11) is 0. The molecule has 2 heterocycles. The van der Waals surface area contributed by atoms with E-state index < -0.39 is 0 Å². The summed E-state index contributed by atoms with van der Waals surface area (Å²) in [6, 6.07) is 0. The first-order valence-corrected chi connectivity index (χ1v) is 4.99. The minimum atomic E-state index is 0.0677. The molecule has 0 radical (unpaired) electrons. The maximum atomic E-state index is 5.82. The number of nitrogens with zero attached hydrogens (tertiary/aromatic N) is 1. The number of hydrogen-bond acceptors (Lipinski definition) is 4. The van der Waals surface area contributed by atoms with Crippen molar-refractivity contribution in [3.63, 3.8) is 0 Å². The van der Waals surface area contributed by atoms with Gasteiger partial charge in [-0.2, -0.15) is 0 Å². The van der Waals surface area contributed by atoms with Crippen LogP contribution in [-0.2, 0) is 4.74 Å². The van der Waals surface area contributed by atoms with E-state index >= 15 is 0 Å². The summed E-state index contributed by atoms with van der Waals surface area (Å²) in [6.45, 7) is 4.89. The van der Waals surface area contributed by atoms with Gasteiger partial charge in [-0.05, 0) is 12.8 Å². The van der Waals surface area contributed by atoms with E-state index in [-0.39, 0.29) is 5.60 Å². The Balaban J connectivity index is 1.97. The number of piperidine rings is 1. The highest BCUT2D eigenvalue weighted by atomic mass is 32.1. The first-order valence-electron chi connectivity index (χ1n) is 4.59. The second-order valence-corrected chi connectivity index (χ2v) is 4.27. The van der Waals surface area contributed by atoms with Crippen LogP contribution in [0, 0.1) is 0 Å². The van der Waals surface area contributed by atoms with Gasteiger partial charge in [0.1, 0.15) is 0 Å². The van der Waals surface area contributed by atoms with Gasteiger partial charge in [0.2, 0.25) is 0 Å². The Hall–Kier alpha value is 0.230. The lowest BCUT2D eigenvalue weighted by molar-refractivity contribution is -0.0907. The van der Waals surface area contributed by atoms with Crippen LogP contribution < -0.4 is 5.32 Å². The smallest absolute Gasteiger partial charge is 0.0942 e. The lowest BCUT2D eigenvalue weighted by Crippen LogP contribution is -2.57. The molecule has 1 atom stereocenters. The summed E-state index contributed by atoms with van der Waals surface area (Å²) < 4.78 is 7.89. The number of thiol groups is 1. The first-order chi connectivity index (χ1) is 5.81. The van der Waals surface area contributed by atoms with Crippen LogP contribution in [-0.4, -0.2) is 42.7 Å². The maximum absolute atomic E-state index is 5.82. The van der Waals surface area contributed by atoms with Crippen molar-refractivity contribution in [2.24, 2.45) is 0 Å². The van der Waals surface area contributed by atoms with E-state index in [1.54, 1.807) is 0 Å². The van der Waals surface area contributed by atoms with Crippen LogP contribution in [0.15, 0.2) is 0 Å². The molecule has 12 heavy (non-hydrogen) atoms. The van der Waals surface area contributed by atoms with Crippen molar-refractivity contribution in [1.82, 2.24) is 9.62 Å². The predicted octanol–water partition coefficient (Wildman–Crippen LogP) is 0.286. The normalized spacial score (nSPS) is 38.8. The number of nitrogens with one attached hydrogen (secondary N) is 1. The van der Waals surface area contributed by atoms with E-state index in [1.807, 2.05) is 0 Å². The lowest BCUT2D eigenvalue weighted by atomic mass is 9.93. The van der Waals surface area contributed by atoms with E-state index in [9.17, 15) is 0 Å². The molecule has 1 unspecified atom stereocenters. The van der Waals surface area contributed by atoms with Gasteiger partial charge < -0.3 is 10.1 Å². The number of hydrogen-bond donors (Lipinski definition) is 2. The summed E-state index contributed by atoms with van der Waals surface area (Å²) in [6.07, 6.45) is 2.38. The van der Waals surface area contributed by atoms with Crippen LogP contribution in [0.1, 0.15) is 12.8 Å². The molecule has 0 aromatic carbocycles. The second kappa shape index (κ2) is 3.54. The van der Waals surface area contributed by atoms with E-state index in [1.165, 1.54) is 12.8 Å². The molecule has 70 valence electrons. The summed E-state index contributed by atoms with van der Waals surface area (Å²) in [5.74, 6) is 0. The number of ether oxygens (including phenoxy) is 1. The van der Waals surface area contributed by atoms with Crippen LogP contribution in [0.2, 0.25) is 0 Å². The molecule has 2 rings (SSSR count). The third-order valence-electron chi connectivity index (χ3n) is 2.65. The molecular weight excluding hydrogens is 172 g/mol. The van der Waals surface area contributed by atoms with Crippen molar-refractivity contribution in [2.45, 2.75) is 18.4 Å². The average Bonchev–Trinajstić information content (AvgIpc) is 2.05. The molecular formula is C8H16N2OS. The second-order valence-electron chi connectivity index (χ2n) is 3.70. The van der Waals surface area contributed by atoms with E-state index in [0.717, 1.165) is 32.8 Å². The van der Waals surface area contributed by atoms with Gasteiger partial charge in [0, 0.05) is 26.2 Å². The molecule has 0 saturated carbocycles. The van der Waals surface area contributed by atoms with Gasteiger partial charge in [-0.15, -0.1) is 0 Å². The quantitative estimate of drug-likeness (QED) is 0.534. The molecule has 2 aliphatic heterocycles. The molecule has 1 N–H and O–H groups in total. The SMILES string of the molecule is SN1CCCC2(CNCCO2)C1. The average molecular weight is 188 g/mol. The Kier molecular flexibility index (Phi) is 2.60.